The number of rotatable bonds is 5. The Morgan fingerprint density at radius 2 is 1.96 bits per heavy atom. The average molecular weight is 314 g/mol. The van der Waals surface area contributed by atoms with Crippen molar-refractivity contribution in [2.75, 3.05) is 26.2 Å². The molecule has 0 amide bonds. The van der Waals surface area contributed by atoms with Crippen molar-refractivity contribution in [2.24, 2.45) is 0 Å². The van der Waals surface area contributed by atoms with E-state index in [0.717, 1.165) is 43.9 Å². The summed E-state index contributed by atoms with van der Waals surface area (Å²) in [4.78, 5) is 15.4. The average Bonchev–Trinajstić information content (AvgIpc) is 2.59. The van der Waals surface area contributed by atoms with Crippen molar-refractivity contribution < 1.29 is 9.84 Å². The fourth-order valence-electron chi connectivity index (χ4n) is 2.95. The molecule has 1 saturated heterocycles. The van der Waals surface area contributed by atoms with Crippen molar-refractivity contribution in [2.45, 2.75) is 25.7 Å². The van der Waals surface area contributed by atoms with Crippen LogP contribution < -0.4 is 4.74 Å². The van der Waals surface area contributed by atoms with Crippen LogP contribution in [-0.4, -0.2) is 51.2 Å². The first-order valence-corrected chi connectivity index (χ1v) is 8.01. The molecule has 0 aliphatic carbocycles. The minimum Gasteiger partial charge on any atom is -0.435 e. The Morgan fingerprint density at radius 3 is 2.70 bits per heavy atom. The van der Waals surface area contributed by atoms with Gasteiger partial charge in [-0.2, -0.15) is 0 Å². The normalized spacial score (nSPS) is 16.4. The first kappa shape index (κ1) is 15.8. The van der Waals surface area contributed by atoms with Crippen LogP contribution in [0.15, 0.2) is 30.7 Å². The molecule has 1 aliphatic rings. The molecule has 0 aromatic carbocycles. The second kappa shape index (κ2) is 7.48. The van der Waals surface area contributed by atoms with E-state index in [1.54, 1.807) is 18.6 Å². The molecule has 2 aromatic heterocycles. The van der Waals surface area contributed by atoms with Gasteiger partial charge in [0.1, 0.15) is 5.69 Å². The maximum Gasteiger partial charge on any atom is 0.241 e. The molecule has 1 N–H and O–H groups in total. The quantitative estimate of drug-likeness (QED) is 0.912. The molecular formula is C17H22N4O2. The summed E-state index contributed by atoms with van der Waals surface area (Å²) >= 11 is 0. The number of likely N-dealkylation sites (tertiary alicyclic amines) is 1. The standard InChI is InChI=1S/C17H22N4O2/c1-13-15(3-2-6-18-13)23-17-16(19-7-8-20-17)14-4-9-21(10-5-14)11-12-22/h2-3,6-8,14,22H,4-5,9-12H2,1H3. The summed E-state index contributed by atoms with van der Waals surface area (Å²) in [6, 6.07) is 3.75. The highest BCUT2D eigenvalue weighted by Crippen LogP contribution is 2.33. The molecule has 3 heterocycles. The number of nitrogens with zero attached hydrogens (tertiary/aromatic N) is 4. The van der Waals surface area contributed by atoms with Gasteiger partial charge in [0, 0.05) is 31.1 Å². The molecule has 0 spiro atoms. The number of hydrogen-bond donors (Lipinski definition) is 1. The molecule has 122 valence electrons. The number of aryl methyl sites for hydroxylation is 1. The first-order valence-electron chi connectivity index (χ1n) is 8.01. The molecule has 0 unspecified atom stereocenters. The highest BCUT2D eigenvalue weighted by molar-refractivity contribution is 5.33. The number of pyridine rings is 1. The summed E-state index contributed by atoms with van der Waals surface area (Å²) < 4.78 is 5.98. The van der Waals surface area contributed by atoms with E-state index < -0.39 is 0 Å². The Bertz CT molecular complexity index is 642. The lowest BCUT2D eigenvalue weighted by atomic mass is 9.93. The van der Waals surface area contributed by atoms with Gasteiger partial charge in [0.25, 0.3) is 0 Å². The summed E-state index contributed by atoms with van der Waals surface area (Å²) in [6.45, 7) is 4.80. The van der Waals surface area contributed by atoms with E-state index in [1.807, 2.05) is 19.1 Å². The maximum atomic E-state index is 9.05. The second-order valence-electron chi connectivity index (χ2n) is 5.78. The Kier molecular flexibility index (Phi) is 5.15. The van der Waals surface area contributed by atoms with Crippen molar-refractivity contribution in [1.82, 2.24) is 19.9 Å². The van der Waals surface area contributed by atoms with Gasteiger partial charge in [0.2, 0.25) is 5.88 Å². The predicted molar refractivity (Wildman–Crippen MR) is 86.6 cm³/mol. The van der Waals surface area contributed by atoms with Gasteiger partial charge in [-0.3, -0.25) is 9.97 Å². The van der Waals surface area contributed by atoms with Gasteiger partial charge >= 0.3 is 0 Å². The van der Waals surface area contributed by atoms with Crippen LogP contribution in [-0.2, 0) is 0 Å². The largest absolute Gasteiger partial charge is 0.435 e. The third-order valence-corrected chi connectivity index (χ3v) is 4.25. The number of aliphatic hydroxyl groups excluding tert-OH is 1. The van der Waals surface area contributed by atoms with Crippen LogP contribution >= 0.6 is 0 Å². The zero-order valence-electron chi connectivity index (χ0n) is 13.4. The first-order chi connectivity index (χ1) is 11.3. The van der Waals surface area contributed by atoms with Crippen molar-refractivity contribution in [3.05, 3.63) is 42.1 Å². The van der Waals surface area contributed by atoms with Gasteiger partial charge < -0.3 is 14.7 Å². The zero-order valence-corrected chi connectivity index (χ0v) is 13.4. The van der Waals surface area contributed by atoms with E-state index >= 15 is 0 Å². The van der Waals surface area contributed by atoms with E-state index in [2.05, 4.69) is 19.9 Å². The van der Waals surface area contributed by atoms with Crippen LogP contribution in [0.25, 0.3) is 0 Å². The molecular weight excluding hydrogens is 292 g/mol. The van der Waals surface area contributed by atoms with Crippen LogP contribution in [0.1, 0.15) is 30.1 Å². The van der Waals surface area contributed by atoms with Gasteiger partial charge in [-0.15, -0.1) is 0 Å². The summed E-state index contributed by atoms with van der Waals surface area (Å²) in [5.41, 5.74) is 1.75. The molecule has 6 nitrogen and oxygen atoms in total. The Morgan fingerprint density at radius 1 is 1.17 bits per heavy atom. The highest BCUT2D eigenvalue weighted by Gasteiger charge is 2.25. The Labute approximate surface area is 136 Å². The second-order valence-corrected chi connectivity index (χ2v) is 5.78. The van der Waals surface area contributed by atoms with Crippen LogP contribution in [0.5, 0.6) is 11.6 Å². The molecule has 23 heavy (non-hydrogen) atoms. The summed E-state index contributed by atoms with van der Waals surface area (Å²) in [6.07, 6.45) is 7.13. The number of piperidine rings is 1. The summed E-state index contributed by atoms with van der Waals surface area (Å²) in [7, 11) is 0. The Hall–Kier alpha value is -2.05. The fraction of sp³-hybridized carbons (Fsp3) is 0.471. The van der Waals surface area contributed by atoms with E-state index in [1.165, 1.54) is 0 Å². The maximum absolute atomic E-state index is 9.05. The molecule has 0 radical (unpaired) electrons. The van der Waals surface area contributed by atoms with E-state index in [-0.39, 0.29) is 6.61 Å². The third kappa shape index (κ3) is 3.83. The topological polar surface area (TPSA) is 71.4 Å². The van der Waals surface area contributed by atoms with Crippen molar-refractivity contribution in [3.8, 4) is 11.6 Å². The van der Waals surface area contributed by atoms with E-state index in [4.69, 9.17) is 9.84 Å². The van der Waals surface area contributed by atoms with Gasteiger partial charge in [-0.25, -0.2) is 4.98 Å². The van der Waals surface area contributed by atoms with E-state index in [0.29, 0.717) is 17.5 Å². The minimum atomic E-state index is 0.213. The lowest BCUT2D eigenvalue weighted by Crippen LogP contribution is -2.35. The molecule has 1 fully saturated rings. The molecule has 6 heteroatoms. The molecule has 2 aromatic rings. The SMILES string of the molecule is Cc1ncccc1Oc1nccnc1C1CCN(CCO)CC1. The minimum absolute atomic E-state index is 0.213. The smallest absolute Gasteiger partial charge is 0.241 e. The predicted octanol–water partition coefficient (Wildman–Crippen LogP) is 2.14. The molecule has 1 aliphatic heterocycles. The van der Waals surface area contributed by atoms with Crippen LogP contribution in [0.4, 0.5) is 0 Å². The molecule has 3 rings (SSSR count). The van der Waals surface area contributed by atoms with Crippen LogP contribution in [0, 0.1) is 6.92 Å². The summed E-state index contributed by atoms with van der Waals surface area (Å²) in [5, 5.41) is 9.05. The van der Waals surface area contributed by atoms with Gasteiger partial charge in [0.15, 0.2) is 5.75 Å². The van der Waals surface area contributed by atoms with Gasteiger partial charge in [-0.1, -0.05) is 0 Å². The number of aliphatic hydroxyl groups is 1. The fourth-order valence-corrected chi connectivity index (χ4v) is 2.95. The van der Waals surface area contributed by atoms with Crippen LogP contribution in [0.3, 0.4) is 0 Å². The Balaban J connectivity index is 1.75. The highest BCUT2D eigenvalue weighted by atomic mass is 16.5. The number of β-amino-alcohol motifs (C(OH)–C–C–N with tert-alkyl or cyclic N) is 1. The monoisotopic (exact) mass is 314 g/mol. The molecule has 0 atom stereocenters. The van der Waals surface area contributed by atoms with Gasteiger partial charge in [0.05, 0.1) is 12.3 Å². The number of aromatic nitrogens is 3. The van der Waals surface area contributed by atoms with Crippen molar-refractivity contribution in [3.63, 3.8) is 0 Å². The van der Waals surface area contributed by atoms with Crippen LogP contribution in [0.2, 0.25) is 0 Å². The van der Waals surface area contributed by atoms with Crippen molar-refractivity contribution in [1.29, 1.82) is 0 Å². The number of ether oxygens (including phenoxy) is 1. The van der Waals surface area contributed by atoms with Crippen molar-refractivity contribution >= 4 is 0 Å². The lowest BCUT2D eigenvalue weighted by molar-refractivity contribution is 0.163. The summed E-state index contributed by atoms with van der Waals surface area (Å²) in [5.74, 6) is 1.63. The molecule has 0 bridgehead atoms. The zero-order chi connectivity index (χ0) is 16.1. The molecule has 0 saturated carbocycles. The third-order valence-electron chi connectivity index (χ3n) is 4.25. The van der Waals surface area contributed by atoms with E-state index in [9.17, 15) is 0 Å². The number of hydrogen-bond acceptors (Lipinski definition) is 6. The lowest BCUT2D eigenvalue weighted by Gasteiger charge is -2.31. The van der Waals surface area contributed by atoms with Gasteiger partial charge in [-0.05, 0) is 45.0 Å².